The number of aryl methyl sites for hydroxylation is 1. The highest BCUT2D eigenvalue weighted by molar-refractivity contribution is 5.66. The minimum absolute atomic E-state index is 0.0581. The van der Waals surface area contributed by atoms with Gasteiger partial charge in [-0.2, -0.15) is 0 Å². The van der Waals surface area contributed by atoms with Gasteiger partial charge in [0.05, 0.1) is 0 Å². The maximum atomic E-state index is 10.8. The van der Waals surface area contributed by atoms with Crippen LogP contribution in [-0.2, 0) is 16.0 Å². The standard InChI is InChI=1S/C13H18O2/c1-3-13(15-11(2)14)10-9-12-7-5-4-6-8-12/h4-8,13H,3,9-10H2,1-2H3/t13-/m1/s1. The van der Waals surface area contributed by atoms with Gasteiger partial charge in [-0.3, -0.25) is 4.79 Å². The monoisotopic (exact) mass is 206 g/mol. The summed E-state index contributed by atoms with van der Waals surface area (Å²) >= 11 is 0. The second kappa shape index (κ2) is 6.23. The normalized spacial score (nSPS) is 12.1. The van der Waals surface area contributed by atoms with Crippen molar-refractivity contribution in [2.24, 2.45) is 0 Å². The number of carbonyl (C=O) groups is 1. The molecule has 1 aromatic rings. The van der Waals surface area contributed by atoms with Crippen molar-refractivity contribution in [2.75, 3.05) is 0 Å². The van der Waals surface area contributed by atoms with E-state index in [9.17, 15) is 4.79 Å². The Morgan fingerprint density at radius 3 is 2.53 bits per heavy atom. The first-order valence-electron chi connectivity index (χ1n) is 5.43. The Morgan fingerprint density at radius 2 is 2.00 bits per heavy atom. The lowest BCUT2D eigenvalue weighted by Crippen LogP contribution is -2.16. The molecule has 0 bridgehead atoms. The number of benzene rings is 1. The van der Waals surface area contributed by atoms with E-state index in [4.69, 9.17) is 4.74 Å². The fraction of sp³-hybridized carbons (Fsp3) is 0.462. The second-order valence-corrected chi connectivity index (χ2v) is 3.66. The van der Waals surface area contributed by atoms with Gasteiger partial charge in [-0.1, -0.05) is 37.3 Å². The molecule has 2 nitrogen and oxygen atoms in total. The van der Waals surface area contributed by atoms with Crippen molar-refractivity contribution in [1.29, 1.82) is 0 Å². The predicted octanol–water partition coefficient (Wildman–Crippen LogP) is 2.96. The highest BCUT2D eigenvalue weighted by Crippen LogP contribution is 2.10. The SMILES string of the molecule is CC[C@H](CCc1ccccc1)OC(C)=O. The lowest BCUT2D eigenvalue weighted by Gasteiger charge is -2.14. The summed E-state index contributed by atoms with van der Waals surface area (Å²) < 4.78 is 5.18. The maximum absolute atomic E-state index is 10.8. The molecule has 1 atom stereocenters. The molecule has 0 aliphatic heterocycles. The number of ether oxygens (including phenoxy) is 1. The molecule has 0 saturated heterocycles. The van der Waals surface area contributed by atoms with Gasteiger partial charge in [0.25, 0.3) is 0 Å². The van der Waals surface area contributed by atoms with E-state index in [1.807, 2.05) is 25.1 Å². The molecule has 0 unspecified atom stereocenters. The van der Waals surface area contributed by atoms with Crippen LogP contribution in [0.15, 0.2) is 30.3 Å². The fourth-order valence-electron chi connectivity index (χ4n) is 1.55. The minimum atomic E-state index is -0.185. The fourth-order valence-corrected chi connectivity index (χ4v) is 1.55. The molecule has 0 saturated carbocycles. The van der Waals surface area contributed by atoms with E-state index in [-0.39, 0.29) is 12.1 Å². The molecule has 1 aromatic carbocycles. The van der Waals surface area contributed by atoms with E-state index in [0.29, 0.717) is 0 Å². The van der Waals surface area contributed by atoms with Gasteiger partial charge in [-0.15, -0.1) is 0 Å². The zero-order valence-electron chi connectivity index (χ0n) is 9.40. The maximum Gasteiger partial charge on any atom is 0.302 e. The van der Waals surface area contributed by atoms with Crippen molar-refractivity contribution >= 4 is 5.97 Å². The van der Waals surface area contributed by atoms with Crippen molar-refractivity contribution in [3.8, 4) is 0 Å². The zero-order chi connectivity index (χ0) is 11.1. The third-order valence-electron chi connectivity index (χ3n) is 2.39. The van der Waals surface area contributed by atoms with Crippen LogP contribution in [0.5, 0.6) is 0 Å². The van der Waals surface area contributed by atoms with Crippen molar-refractivity contribution < 1.29 is 9.53 Å². The summed E-state index contributed by atoms with van der Waals surface area (Å²) in [6.07, 6.45) is 2.81. The summed E-state index contributed by atoms with van der Waals surface area (Å²) in [7, 11) is 0. The van der Waals surface area contributed by atoms with Crippen molar-refractivity contribution in [3.63, 3.8) is 0 Å². The minimum Gasteiger partial charge on any atom is -0.463 e. The molecule has 0 N–H and O–H groups in total. The van der Waals surface area contributed by atoms with Crippen molar-refractivity contribution in [3.05, 3.63) is 35.9 Å². The van der Waals surface area contributed by atoms with Crippen molar-refractivity contribution in [2.45, 2.75) is 39.2 Å². The Morgan fingerprint density at radius 1 is 1.33 bits per heavy atom. The molecule has 0 aromatic heterocycles. The molecule has 0 spiro atoms. The molecule has 0 radical (unpaired) electrons. The highest BCUT2D eigenvalue weighted by atomic mass is 16.5. The highest BCUT2D eigenvalue weighted by Gasteiger charge is 2.09. The average Bonchev–Trinajstić information content (AvgIpc) is 2.25. The summed E-state index contributed by atoms with van der Waals surface area (Å²) in [6.45, 7) is 3.50. The van der Waals surface area contributed by atoms with Crippen LogP contribution in [0.2, 0.25) is 0 Å². The van der Waals surface area contributed by atoms with Crippen LogP contribution in [0.1, 0.15) is 32.3 Å². The Balaban J connectivity index is 2.37. The molecule has 0 heterocycles. The number of rotatable bonds is 5. The number of hydrogen-bond donors (Lipinski definition) is 0. The van der Waals surface area contributed by atoms with E-state index in [0.717, 1.165) is 19.3 Å². The van der Waals surface area contributed by atoms with E-state index in [1.165, 1.54) is 12.5 Å². The van der Waals surface area contributed by atoms with Gasteiger partial charge >= 0.3 is 5.97 Å². The molecule has 0 aliphatic carbocycles. The van der Waals surface area contributed by atoms with Gasteiger partial charge in [0, 0.05) is 6.92 Å². The topological polar surface area (TPSA) is 26.3 Å². The molecule has 0 amide bonds. The molecular weight excluding hydrogens is 188 g/mol. The number of hydrogen-bond acceptors (Lipinski definition) is 2. The number of esters is 1. The predicted molar refractivity (Wildman–Crippen MR) is 60.6 cm³/mol. The van der Waals surface area contributed by atoms with Crippen molar-refractivity contribution in [1.82, 2.24) is 0 Å². The third kappa shape index (κ3) is 4.63. The van der Waals surface area contributed by atoms with Crippen LogP contribution in [0.4, 0.5) is 0 Å². The van der Waals surface area contributed by atoms with Gasteiger partial charge in [0.15, 0.2) is 0 Å². The Labute approximate surface area is 91.3 Å². The molecule has 2 heteroatoms. The lowest BCUT2D eigenvalue weighted by molar-refractivity contribution is -0.146. The summed E-state index contributed by atoms with van der Waals surface area (Å²) in [5.74, 6) is -0.185. The summed E-state index contributed by atoms with van der Waals surface area (Å²) in [6, 6.07) is 10.3. The molecule has 0 aliphatic rings. The molecule has 1 rings (SSSR count). The lowest BCUT2D eigenvalue weighted by atomic mass is 10.1. The van der Waals surface area contributed by atoms with Crippen LogP contribution in [0.3, 0.4) is 0 Å². The second-order valence-electron chi connectivity index (χ2n) is 3.66. The first kappa shape index (κ1) is 11.8. The molecular formula is C13H18O2. The van der Waals surface area contributed by atoms with E-state index in [2.05, 4.69) is 12.1 Å². The van der Waals surface area contributed by atoms with Gasteiger partial charge in [-0.25, -0.2) is 0 Å². The molecule has 15 heavy (non-hydrogen) atoms. The van der Waals surface area contributed by atoms with E-state index in [1.54, 1.807) is 0 Å². The Kier molecular flexibility index (Phi) is 4.88. The Hall–Kier alpha value is -1.31. The largest absolute Gasteiger partial charge is 0.463 e. The van der Waals surface area contributed by atoms with Gasteiger partial charge < -0.3 is 4.74 Å². The van der Waals surface area contributed by atoms with Gasteiger partial charge in [0.2, 0.25) is 0 Å². The van der Waals surface area contributed by atoms with Crippen LogP contribution >= 0.6 is 0 Å². The Bertz CT molecular complexity index is 293. The first-order chi connectivity index (χ1) is 7.22. The van der Waals surface area contributed by atoms with Crippen LogP contribution < -0.4 is 0 Å². The zero-order valence-corrected chi connectivity index (χ0v) is 9.40. The van der Waals surface area contributed by atoms with Gasteiger partial charge in [-0.05, 0) is 24.8 Å². The number of carbonyl (C=O) groups excluding carboxylic acids is 1. The third-order valence-corrected chi connectivity index (χ3v) is 2.39. The average molecular weight is 206 g/mol. The van der Waals surface area contributed by atoms with Gasteiger partial charge in [0.1, 0.15) is 6.10 Å². The summed E-state index contributed by atoms with van der Waals surface area (Å²) in [5.41, 5.74) is 1.29. The van der Waals surface area contributed by atoms with Crippen LogP contribution in [-0.4, -0.2) is 12.1 Å². The van der Waals surface area contributed by atoms with E-state index >= 15 is 0 Å². The van der Waals surface area contributed by atoms with E-state index < -0.39 is 0 Å². The summed E-state index contributed by atoms with van der Waals surface area (Å²) in [5, 5.41) is 0. The quantitative estimate of drug-likeness (QED) is 0.692. The summed E-state index contributed by atoms with van der Waals surface area (Å²) in [4.78, 5) is 10.8. The molecule has 0 fully saturated rings. The molecule has 82 valence electrons. The smallest absolute Gasteiger partial charge is 0.302 e. The van der Waals surface area contributed by atoms with Crippen LogP contribution in [0, 0.1) is 0 Å². The van der Waals surface area contributed by atoms with Crippen LogP contribution in [0.25, 0.3) is 0 Å². The first-order valence-corrected chi connectivity index (χ1v) is 5.43.